The first-order valence-corrected chi connectivity index (χ1v) is 14.1. The number of nitrogens with zero attached hydrogens (tertiary/aromatic N) is 1. The molecule has 0 saturated carbocycles. The van der Waals surface area contributed by atoms with E-state index in [9.17, 15) is 13.2 Å². The van der Waals surface area contributed by atoms with Crippen LogP contribution < -0.4 is 23.8 Å². The standard InChI is InChI=1S/C30H30N2O6S/c1-36-28-9-6-10-29(21-28)37-20-19-31-30(33)24-13-11-23(12-14-24)22-32(39(2,34)35)25-15-17-27(18-16-25)38-26-7-4-3-5-8-26/h3-18,21H,19-20,22H2,1-2H3,(H,31,33). The zero-order valence-electron chi connectivity index (χ0n) is 21.7. The fraction of sp³-hybridized carbons (Fsp3) is 0.167. The van der Waals surface area contributed by atoms with Crippen LogP contribution in [0.4, 0.5) is 5.69 Å². The molecule has 0 aliphatic rings. The molecular formula is C30H30N2O6S. The van der Waals surface area contributed by atoms with Crippen molar-refractivity contribution in [3.8, 4) is 23.0 Å². The van der Waals surface area contributed by atoms with Crippen molar-refractivity contribution in [3.05, 3.63) is 114 Å². The first kappa shape index (κ1) is 27.5. The summed E-state index contributed by atoms with van der Waals surface area (Å²) in [5, 5.41) is 2.82. The fourth-order valence-electron chi connectivity index (χ4n) is 3.76. The lowest BCUT2D eigenvalue weighted by Gasteiger charge is -2.23. The molecule has 4 rings (SSSR count). The number of para-hydroxylation sites is 1. The summed E-state index contributed by atoms with van der Waals surface area (Å²) in [5.41, 5.74) is 1.71. The number of benzene rings is 4. The Bertz CT molecular complexity index is 1470. The van der Waals surface area contributed by atoms with Crippen molar-refractivity contribution in [2.75, 3.05) is 30.8 Å². The summed E-state index contributed by atoms with van der Waals surface area (Å²) in [4.78, 5) is 12.5. The van der Waals surface area contributed by atoms with E-state index in [1.54, 1.807) is 61.7 Å². The van der Waals surface area contributed by atoms with Gasteiger partial charge in [-0.05, 0) is 66.2 Å². The molecule has 0 fully saturated rings. The first-order valence-electron chi connectivity index (χ1n) is 12.3. The number of methoxy groups -OCH3 is 1. The van der Waals surface area contributed by atoms with E-state index in [4.69, 9.17) is 14.2 Å². The second-order valence-corrected chi connectivity index (χ2v) is 10.6. The molecule has 0 aromatic heterocycles. The summed E-state index contributed by atoms with van der Waals surface area (Å²) < 4.78 is 43.1. The number of nitrogens with one attached hydrogen (secondary N) is 1. The monoisotopic (exact) mass is 546 g/mol. The Labute approximate surface area is 228 Å². The molecular weight excluding hydrogens is 516 g/mol. The number of hydrogen-bond acceptors (Lipinski definition) is 6. The van der Waals surface area contributed by atoms with E-state index in [2.05, 4.69) is 5.32 Å². The Morgan fingerprint density at radius 1 is 0.795 bits per heavy atom. The zero-order valence-corrected chi connectivity index (χ0v) is 22.6. The van der Waals surface area contributed by atoms with Crippen molar-refractivity contribution < 1.29 is 27.4 Å². The van der Waals surface area contributed by atoms with Crippen molar-refractivity contribution in [1.82, 2.24) is 5.32 Å². The lowest BCUT2D eigenvalue weighted by atomic mass is 10.1. The molecule has 0 aliphatic carbocycles. The van der Waals surface area contributed by atoms with E-state index in [1.165, 1.54) is 4.31 Å². The molecule has 0 atom stereocenters. The third kappa shape index (κ3) is 7.99. The van der Waals surface area contributed by atoms with Gasteiger partial charge in [-0.15, -0.1) is 0 Å². The molecule has 0 saturated heterocycles. The Balaban J connectivity index is 1.33. The molecule has 9 heteroatoms. The van der Waals surface area contributed by atoms with E-state index in [0.29, 0.717) is 47.4 Å². The number of carbonyl (C=O) groups is 1. The molecule has 0 unspecified atom stereocenters. The van der Waals surface area contributed by atoms with Crippen molar-refractivity contribution in [3.63, 3.8) is 0 Å². The Morgan fingerprint density at radius 3 is 2.10 bits per heavy atom. The number of rotatable bonds is 12. The maximum atomic E-state index is 12.6. The molecule has 0 bridgehead atoms. The highest BCUT2D eigenvalue weighted by Crippen LogP contribution is 2.27. The minimum absolute atomic E-state index is 0.119. The number of ether oxygens (including phenoxy) is 3. The van der Waals surface area contributed by atoms with Gasteiger partial charge in [0.05, 0.1) is 32.1 Å². The maximum Gasteiger partial charge on any atom is 0.251 e. The summed E-state index contributed by atoms with van der Waals surface area (Å²) in [6.45, 7) is 0.743. The van der Waals surface area contributed by atoms with Crippen LogP contribution in [-0.2, 0) is 16.6 Å². The maximum absolute atomic E-state index is 12.6. The van der Waals surface area contributed by atoms with Gasteiger partial charge in [-0.2, -0.15) is 0 Å². The van der Waals surface area contributed by atoms with Crippen molar-refractivity contribution in [1.29, 1.82) is 0 Å². The summed E-state index contributed by atoms with van der Waals surface area (Å²) >= 11 is 0. The second kappa shape index (κ2) is 12.8. The van der Waals surface area contributed by atoms with Crippen LogP contribution in [0, 0.1) is 0 Å². The molecule has 1 amide bonds. The van der Waals surface area contributed by atoms with Crippen molar-refractivity contribution in [2.45, 2.75) is 6.54 Å². The third-order valence-corrected chi connectivity index (χ3v) is 6.88. The highest BCUT2D eigenvalue weighted by atomic mass is 32.2. The molecule has 0 heterocycles. The summed E-state index contributed by atoms with van der Waals surface area (Å²) in [5.74, 6) is 2.40. The van der Waals surface area contributed by atoms with Gasteiger partial charge in [-0.25, -0.2) is 8.42 Å². The van der Waals surface area contributed by atoms with Crippen LogP contribution in [0.3, 0.4) is 0 Å². The average Bonchev–Trinajstić information content (AvgIpc) is 2.95. The van der Waals surface area contributed by atoms with Gasteiger partial charge in [0, 0.05) is 11.6 Å². The second-order valence-electron chi connectivity index (χ2n) is 8.66. The smallest absolute Gasteiger partial charge is 0.251 e. The summed E-state index contributed by atoms with van der Waals surface area (Å²) in [6.07, 6.45) is 1.16. The Kier molecular flexibility index (Phi) is 9.06. The fourth-order valence-corrected chi connectivity index (χ4v) is 4.65. The molecule has 4 aromatic carbocycles. The van der Waals surface area contributed by atoms with Crippen LogP contribution in [0.15, 0.2) is 103 Å². The Morgan fingerprint density at radius 2 is 1.44 bits per heavy atom. The number of hydrogen-bond donors (Lipinski definition) is 1. The van der Waals surface area contributed by atoms with Gasteiger partial charge >= 0.3 is 0 Å². The predicted molar refractivity (Wildman–Crippen MR) is 151 cm³/mol. The lowest BCUT2D eigenvalue weighted by Crippen LogP contribution is -2.29. The summed E-state index contributed by atoms with van der Waals surface area (Å²) in [7, 11) is -1.98. The molecule has 1 N–H and O–H groups in total. The Hall–Kier alpha value is -4.50. The minimum atomic E-state index is -3.57. The zero-order chi connectivity index (χ0) is 27.7. The minimum Gasteiger partial charge on any atom is -0.497 e. The molecule has 8 nitrogen and oxygen atoms in total. The van der Waals surface area contributed by atoms with E-state index in [1.807, 2.05) is 48.5 Å². The average molecular weight is 547 g/mol. The SMILES string of the molecule is COc1cccc(OCCNC(=O)c2ccc(CN(c3ccc(Oc4ccccc4)cc3)S(C)(=O)=O)cc2)c1. The molecule has 39 heavy (non-hydrogen) atoms. The predicted octanol–water partition coefficient (Wildman–Crippen LogP) is 5.26. The van der Waals surface area contributed by atoms with Crippen molar-refractivity contribution in [2.24, 2.45) is 0 Å². The van der Waals surface area contributed by atoms with E-state index in [0.717, 1.165) is 11.8 Å². The number of amides is 1. The highest BCUT2D eigenvalue weighted by molar-refractivity contribution is 7.92. The topological polar surface area (TPSA) is 94.2 Å². The van der Waals surface area contributed by atoms with Gasteiger partial charge in [0.15, 0.2) is 0 Å². The van der Waals surface area contributed by atoms with Gasteiger partial charge in [0.2, 0.25) is 10.0 Å². The van der Waals surface area contributed by atoms with Gasteiger partial charge in [-0.3, -0.25) is 9.10 Å². The van der Waals surface area contributed by atoms with Gasteiger partial charge in [0.25, 0.3) is 5.91 Å². The first-order chi connectivity index (χ1) is 18.8. The molecule has 202 valence electrons. The normalized spacial score (nSPS) is 10.9. The van der Waals surface area contributed by atoms with E-state index >= 15 is 0 Å². The van der Waals surface area contributed by atoms with Gasteiger partial charge in [0.1, 0.15) is 29.6 Å². The molecule has 0 radical (unpaired) electrons. The van der Waals surface area contributed by atoms with Gasteiger partial charge in [-0.1, -0.05) is 36.4 Å². The van der Waals surface area contributed by atoms with Crippen LogP contribution in [0.5, 0.6) is 23.0 Å². The molecule has 4 aromatic rings. The van der Waals surface area contributed by atoms with E-state index in [-0.39, 0.29) is 12.5 Å². The van der Waals surface area contributed by atoms with Crippen LogP contribution in [0.25, 0.3) is 0 Å². The quantitative estimate of drug-likeness (QED) is 0.244. The van der Waals surface area contributed by atoms with Crippen LogP contribution in [0.1, 0.15) is 15.9 Å². The van der Waals surface area contributed by atoms with E-state index < -0.39 is 10.0 Å². The lowest BCUT2D eigenvalue weighted by molar-refractivity contribution is 0.0947. The molecule has 0 aliphatic heterocycles. The summed E-state index contributed by atoms with van der Waals surface area (Å²) in [6, 6.07) is 30.3. The third-order valence-electron chi connectivity index (χ3n) is 5.74. The number of carbonyl (C=O) groups excluding carboxylic acids is 1. The van der Waals surface area contributed by atoms with Crippen LogP contribution in [-0.4, -0.2) is 40.8 Å². The van der Waals surface area contributed by atoms with Crippen LogP contribution in [0.2, 0.25) is 0 Å². The number of sulfonamides is 1. The largest absolute Gasteiger partial charge is 0.497 e. The molecule has 0 spiro atoms. The highest BCUT2D eigenvalue weighted by Gasteiger charge is 2.18. The number of anilines is 1. The van der Waals surface area contributed by atoms with Crippen molar-refractivity contribution >= 4 is 21.6 Å². The van der Waals surface area contributed by atoms with Gasteiger partial charge < -0.3 is 19.5 Å². The van der Waals surface area contributed by atoms with Crippen LogP contribution >= 0.6 is 0 Å².